The summed E-state index contributed by atoms with van der Waals surface area (Å²) in [6.07, 6.45) is 7.14. The lowest BCUT2D eigenvalue weighted by atomic mass is 9.83. The largest absolute Gasteiger partial charge is 0.466 e. The van der Waals surface area contributed by atoms with Gasteiger partial charge < -0.3 is 9.32 Å². The predicted octanol–water partition coefficient (Wildman–Crippen LogP) is 4.73. The van der Waals surface area contributed by atoms with E-state index < -0.39 is 0 Å². The molecule has 0 spiro atoms. The van der Waals surface area contributed by atoms with E-state index in [2.05, 4.69) is 33.5 Å². The highest BCUT2D eigenvalue weighted by molar-refractivity contribution is 7.13. The zero-order valence-electron chi connectivity index (χ0n) is 11.6. The van der Waals surface area contributed by atoms with Crippen LogP contribution in [0.1, 0.15) is 29.9 Å². The van der Waals surface area contributed by atoms with Crippen LogP contribution >= 0.6 is 22.7 Å². The van der Waals surface area contributed by atoms with E-state index in [1.165, 1.54) is 17.7 Å². The molecule has 0 aromatic carbocycles. The molecule has 1 atom stereocenters. The fourth-order valence-corrected chi connectivity index (χ4v) is 4.95. The molecule has 0 saturated carbocycles. The van der Waals surface area contributed by atoms with Crippen molar-refractivity contribution in [3.63, 3.8) is 0 Å². The van der Waals surface area contributed by atoms with Crippen molar-refractivity contribution < 1.29 is 4.42 Å². The average Bonchev–Trinajstić information content (AvgIpc) is 3.29. The first-order valence-electron chi connectivity index (χ1n) is 7.16. The Labute approximate surface area is 131 Å². The Morgan fingerprint density at radius 1 is 1.14 bits per heavy atom. The zero-order chi connectivity index (χ0) is 14.1. The van der Waals surface area contributed by atoms with Crippen LogP contribution in [0.15, 0.2) is 51.9 Å². The molecular weight excluding hydrogens is 300 g/mol. The number of hydrogen-bond acceptors (Lipinski definition) is 5. The molecule has 3 aromatic heterocycles. The number of furan rings is 1. The third-order valence-electron chi connectivity index (χ3n) is 4.14. The van der Waals surface area contributed by atoms with Crippen LogP contribution in [0.5, 0.6) is 0 Å². The number of rotatable bonds is 3. The molecule has 0 radical (unpaired) electrons. The summed E-state index contributed by atoms with van der Waals surface area (Å²) < 4.78 is 5.87. The molecule has 3 aromatic rings. The fourth-order valence-electron chi connectivity index (χ4n) is 3.25. The van der Waals surface area contributed by atoms with Gasteiger partial charge in [0.05, 0.1) is 6.26 Å². The minimum absolute atomic E-state index is 0.201. The van der Waals surface area contributed by atoms with E-state index in [1.54, 1.807) is 28.9 Å². The highest BCUT2D eigenvalue weighted by Gasteiger charge is 2.46. The summed E-state index contributed by atoms with van der Waals surface area (Å²) in [6.45, 7) is 1.02. The van der Waals surface area contributed by atoms with Gasteiger partial charge in [-0.15, -0.1) is 22.7 Å². The van der Waals surface area contributed by atoms with Crippen LogP contribution < -0.4 is 4.90 Å². The third kappa shape index (κ3) is 2.03. The van der Waals surface area contributed by atoms with Crippen molar-refractivity contribution in [2.45, 2.75) is 24.8 Å². The summed E-state index contributed by atoms with van der Waals surface area (Å²) in [7, 11) is 0. The smallest absolute Gasteiger partial charge is 0.186 e. The van der Waals surface area contributed by atoms with Crippen molar-refractivity contribution in [2.24, 2.45) is 0 Å². The zero-order valence-corrected chi connectivity index (χ0v) is 13.2. The summed E-state index contributed by atoms with van der Waals surface area (Å²) in [4.78, 5) is 8.34. The minimum atomic E-state index is -0.201. The number of thiazole rings is 1. The van der Waals surface area contributed by atoms with Crippen LogP contribution in [0, 0.1) is 0 Å². The minimum Gasteiger partial charge on any atom is -0.466 e. The standard InChI is InChI=1S/C16H16N2OS2/c1-2-9-18(15-17-8-12-21-15)16(7-1,13-5-3-10-19-13)14-6-4-11-20-14/h3-6,8,10-12H,1-2,7,9H2. The second-order valence-electron chi connectivity index (χ2n) is 5.24. The van der Waals surface area contributed by atoms with Gasteiger partial charge in [-0.25, -0.2) is 4.98 Å². The van der Waals surface area contributed by atoms with Crippen molar-refractivity contribution in [1.29, 1.82) is 0 Å². The Bertz CT molecular complexity index is 640. The quantitative estimate of drug-likeness (QED) is 0.699. The molecule has 1 fully saturated rings. The van der Waals surface area contributed by atoms with Crippen molar-refractivity contribution >= 4 is 27.8 Å². The first-order chi connectivity index (χ1) is 10.4. The molecule has 0 bridgehead atoms. The maximum absolute atomic E-state index is 5.87. The number of aromatic nitrogens is 1. The summed E-state index contributed by atoms with van der Waals surface area (Å²) in [5.74, 6) is 1.03. The highest BCUT2D eigenvalue weighted by atomic mass is 32.1. The van der Waals surface area contributed by atoms with Gasteiger partial charge >= 0.3 is 0 Å². The normalized spacial score (nSPS) is 22.6. The average molecular weight is 316 g/mol. The van der Waals surface area contributed by atoms with Gasteiger partial charge in [-0.2, -0.15) is 0 Å². The van der Waals surface area contributed by atoms with Gasteiger partial charge in [-0.3, -0.25) is 0 Å². The summed E-state index contributed by atoms with van der Waals surface area (Å²) in [5, 5.41) is 5.28. The van der Waals surface area contributed by atoms with E-state index in [1.807, 2.05) is 17.6 Å². The molecule has 1 aliphatic heterocycles. The van der Waals surface area contributed by atoms with Gasteiger partial charge in [0.1, 0.15) is 11.3 Å². The lowest BCUT2D eigenvalue weighted by molar-refractivity contribution is 0.311. The van der Waals surface area contributed by atoms with Crippen LogP contribution in [-0.4, -0.2) is 11.5 Å². The monoisotopic (exact) mass is 316 g/mol. The molecule has 21 heavy (non-hydrogen) atoms. The molecular formula is C16H16N2OS2. The van der Waals surface area contributed by atoms with Gasteiger partial charge in [-0.05, 0) is 42.8 Å². The van der Waals surface area contributed by atoms with Crippen molar-refractivity contribution in [3.8, 4) is 0 Å². The van der Waals surface area contributed by atoms with E-state index in [0.29, 0.717) is 0 Å². The Hall–Kier alpha value is -1.59. The van der Waals surface area contributed by atoms with E-state index in [9.17, 15) is 0 Å². The first kappa shape index (κ1) is 13.1. The summed E-state index contributed by atoms with van der Waals surface area (Å²) in [5.41, 5.74) is -0.201. The van der Waals surface area contributed by atoms with E-state index in [-0.39, 0.29) is 5.54 Å². The van der Waals surface area contributed by atoms with Crippen LogP contribution in [0.25, 0.3) is 0 Å². The van der Waals surface area contributed by atoms with E-state index in [0.717, 1.165) is 23.9 Å². The number of thiophene rings is 1. The third-order valence-corrected chi connectivity index (χ3v) is 5.95. The molecule has 108 valence electrons. The second-order valence-corrected chi connectivity index (χ2v) is 7.06. The van der Waals surface area contributed by atoms with Gasteiger partial charge in [-0.1, -0.05) is 6.07 Å². The Balaban J connectivity index is 1.91. The summed E-state index contributed by atoms with van der Waals surface area (Å²) >= 11 is 3.51. The van der Waals surface area contributed by atoms with Gasteiger partial charge in [0.2, 0.25) is 0 Å². The summed E-state index contributed by atoms with van der Waals surface area (Å²) in [6, 6.07) is 8.43. The van der Waals surface area contributed by atoms with Crippen molar-refractivity contribution in [2.75, 3.05) is 11.4 Å². The predicted molar refractivity (Wildman–Crippen MR) is 87.1 cm³/mol. The first-order valence-corrected chi connectivity index (χ1v) is 8.92. The number of piperidine rings is 1. The lowest BCUT2D eigenvalue weighted by Crippen LogP contribution is -2.50. The number of hydrogen-bond donors (Lipinski definition) is 0. The van der Waals surface area contributed by atoms with Gasteiger partial charge in [0.15, 0.2) is 5.13 Å². The maximum Gasteiger partial charge on any atom is 0.186 e. The Morgan fingerprint density at radius 2 is 2.14 bits per heavy atom. The molecule has 4 heterocycles. The lowest BCUT2D eigenvalue weighted by Gasteiger charge is -2.45. The van der Waals surface area contributed by atoms with Crippen LogP contribution in [0.2, 0.25) is 0 Å². The molecule has 0 aliphatic carbocycles. The SMILES string of the molecule is c1coc(C2(c3cccs3)CCCCN2c2nccs2)c1. The molecule has 1 aliphatic rings. The second kappa shape index (κ2) is 5.31. The number of anilines is 1. The molecule has 1 saturated heterocycles. The molecule has 5 heteroatoms. The van der Waals surface area contributed by atoms with Crippen molar-refractivity contribution in [1.82, 2.24) is 4.98 Å². The molecule has 1 unspecified atom stereocenters. The van der Waals surface area contributed by atoms with Crippen LogP contribution in [0.4, 0.5) is 5.13 Å². The topological polar surface area (TPSA) is 29.3 Å². The molecule has 0 amide bonds. The van der Waals surface area contributed by atoms with Crippen LogP contribution in [-0.2, 0) is 5.54 Å². The Morgan fingerprint density at radius 3 is 2.86 bits per heavy atom. The Kier molecular flexibility index (Phi) is 3.31. The fraction of sp³-hybridized carbons (Fsp3) is 0.312. The van der Waals surface area contributed by atoms with Gasteiger partial charge in [0.25, 0.3) is 0 Å². The molecule has 3 nitrogen and oxygen atoms in total. The highest BCUT2D eigenvalue weighted by Crippen LogP contribution is 2.47. The molecule has 0 N–H and O–H groups in total. The van der Waals surface area contributed by atoms with Gasteiger partial charge in [0, 0.05) is 23.0 Å². The van der Waals surface area contributed by atoms with Crippen LogP contribution in [0.3, 0.4) is 0 Å². The van der Waals surface area contributed by atoms with E-state index in [4.69, 9.17) is 4.42 Å². The molecule has 4 rings (SSSR count). The number of nitrogens with zero attached hydrogens (tertiary/aromatic N) is 2. The van der Waals surface area contributed by atoms with E-state index >= 15 is 0 Å². The van der Waals surface area contributed by atoms with Crippen molar-refractivity contribution in [3.05, 3.63) is 58.1 Å². The maximum atomic E-state index is 5.87.